The van der Waals surface area contributed by atoms with E-state index < -0.39 is 11.6 Å². The molecule has 0 unspecified atom stereocenters. The maximum Gasteiger partial charge on any atom is 0.149 e. The quantitative estimate of drug-likeness (QED) is 0.740. The second-order valence-electron chi connectivity index (χ2n) is 4.03. The Morgan fingerprint density at radius 1 is 1.27 bits per heavy atom. The van der Waals surface area contributed by atoms with Crippen LogP contribution in [0.5, 0.6) is 0 Å². The van der Waals surface area contributed by atoms with E-state index >= 15 is 0 Å². The Morgan fingerprint density at radius 2 is 1.93 bits per heavy atom. The zero-order valence-electron chi connectivity index (χ0n) is 9.43. The SMILES string of the molecule is CCN(CC(C)C)c1ccc(F)cc1F. The van der Waals surface area contributed by atoms with Gasteiger partial charge >= 0.3 is 0 Å². The summed E-state index contributed by atoms with van der Waals surface area (Å²) in [5, 5.41) is 0. The fraction of sp³-hybridized carbons (Fsp3) is 0.500. The van der Waals surface area contributed by atoms with Crippen LogP contribution in [-0.2, 0) is 0 Å². The van der Waals surface area contributed by atoms with Crippen molar-refractivity contribution in [2.75, 3.05) is 18.0 Å². The fourth-order valence-electron chi connectivity index (χ4n) is 1.58. The van der Waals surface area contributed by atoms with E-state index in [4.69, 9.17) is 0 Å². The Bertz CT molecular complexity index is 323. The monoisotopic (exact) mass is 213 g/mol. The molecule has 84 valence electrons. The first-order valence-corrected chi connectivity index (χ1v) is 5.24. The molecule has 0 aliphatic rings. The third-order valence-electron chi connectivity index (χ3n) is 2.22. The molecule has 0 N–H and O–H groups in total. The molecule has 0 amide bonds. The van der Waals surface area contributed by atoms with Crippen molar-refractivity contribution in [2.45, 2.75) is 20.8 Å². The lowest BCUT2D eigenvalue weighted by molar-refractivity contribution is 0.566. The predicted octanol–water partition coefficient (Wildman–Crippen LogP) is 3.45. The number of rotatable bonds is 4. The lowest BCUT2D eigenvalue weighted by atomic mass is 10.2. The molecule has 0 bridgehead atoms. The first kappa shape index (κ1) is 12.0. The minimum absolute atomic E-state index is 0.453. The maximum atomic E-state index is 13.5. The number of hydrogen-bond donors (Lipinski definition) is 0. The predicted molar refractivity (Wildman–Crippen MR) is 59.1 cm³/mol. The third kappa shape index (κ3) is 3.18. The van der Waals surface area contributed by atoms with E-state index in [1.807, 2.05) is 11.8 Å². The summed E-state index contributed by atoms with van der Waals surface area (Å²) < 4.78 is 26.2. The molecule has 15 heavy (non-hydrogen) atoms. The number of halogens is 2. The van der Waals surface area contributed by atoms with Gasteiger partial charge in [-0.25, -0.2) is 8.78 Å². The van der Waals surface area contributed by atoms with Crippen LogP contribution in [0.2, 0.25) is 0 Å². The Labute approximate surface area is 89.7 Å². The molecule has 1 aromatic rings. The van der Waals surface area contributed by atoms with Crippen molar-refractivity contribution >= 4 is 5.69 Å². The van der Waals surface area contributed by atoms with Crippen LogP contribution < -0.4 is 4.90 Å². The molecule has 0 aliphatic carbocycles. The van der Waals surface area contributed by atoms with Gasteiger partial charge in [-0.3, -0.25) is 0 Å². The Balaban J connectivity index is 2.91. The number of nitrogens with zero attached hydrogens (tertiary/aromatic N) is 1. The highest BCUT2D eigenvalue weighted by molar-refractivity contribution is 5.47. The highest BCUT2D eigenvalue weighted by Gasteiger charge is 2.11. The van der Waals surface area contributed by atoms with Crippen LogP contribution >= 0.6 is 0 Å². The standard InChI is InChI=1S/C12H17F2N/c1-4-15(8-9(2)3)12-6-5-10(13)7-11(12)14/h5-7,9H,4,8H2,1-3H3. The normalized spacial score (nSPS) is 10.8. The van der Waals surface area contributed by atoms with Crippen molar-refractivity contribution in [3.05, 3.63) is 29.8 Å². The van der Waals surface area contributed by atoms with Gasteiger partial charge in [-0.1, -0.05) is 13.8 Å². The largest absolute Gasteiger partial charge is 0.369 e. The molecule has 0 radical (unpaired) electrons. The van der Waals surface area contributed by atoms with Gasteiger partial charge in [0.15, 0.2) is 0 Å². The summed E-state index contributed by atoms with van der Waals surface area (Å²) in [5.41, 5.74) is 0.479. The molecule has 0 atom stereocenters. The van der Waals surface area contributed by atoms with Gasteiger partial charge in [-0.2, -0.15) is 0 Å². The van der Waals surface area contributed by atoms with Crippen molar-refractivity contribution < 1.29 is 8.78 Å². The van der Waals surface area contributed by atoms with Gasteiger partial charge < -0.3 is 4.90 Å². The molecule has 0 aliphatic heterocycles. The number of benzene rings is 1. The minimum atomic E-state index is -0.531. The lowest BCUT2D eigenvalue weighted by Crippen LogP contribution is -2.28. The van der Waals surface area contributed by atoms with E-state index in [9.17, 15) is 8.78 Å². The van der Waals surface area contributed by atoms with E-state index in [1.165, 1.54) is 12.1 Å². The lowest BCUT2D eigenvalue weighted by Gasteiger charge is -2.25. The summed E-state index contributed by atoms with van der Waals surface area (Å²) in [5.74, 6) is -0.566. The first-order valence-electron chi connectivity index (χ1n) is 5.24. The van der Waals surface area contributed by atoms with Crippen LogP contribution in [0, 0.1) is 17.6 Å². The van der Waals surface area contributed by atoms with Crippen molar-refractivity contribution in [3.8, 4) is 0 Å². The first-order chi connectivity index (χ1) is 7.04. The molecule has 1 rings (SSSR count). The van der Waals surface area contributed by atoms with Crippen LogP contribution in [0.4, 0.5) is 14.5 Å². The van der Waals surface area contributed by atoms with Crippen molar-refractivity contribution in [1.82, 2.24) is 0 Å². The van der Waals surface area contributed by atoms with E-state index in [1.54, 1.807) is 0 Å². The second-order valence-corrected chi connectivity index (χ2v) is 4.03. The zero-order chi connectivity index (χ0) is 11.4. The Kier molecular flexibility index (Phi) is 4.06. The van der Waals surface area contributed by atoms with Crippen molar-refractivity contribution in [1.29, 1.82) is 0 Å². The summed E-state index contributed by atoms with van der Waals surface area (Å²) >= 11 is 0. The summed E-state index contributed by atoms with van der Waals surface area (Å²) in [6, 6.07) is 3.72. The van der Waals surface area contributed by atoms with E-state index in [-0.39, 0.29) is 0 Å². The van der Waals surface area contributed by atoms with Gasteiger partial charge in [0, 0.05) is 19.2 Å². The fourth-order valence-corrected chi connectivity index (χ4v) is 1.58. The molecular weight excluding hydrogens is 196 g/mol. The number of anilines is 1. The molecule has 0 heterocycles. The molecule has 0 fully saturated rings. The van der Waals surface area contributed by atoms with Crippen LogP contribution in [0.25, 0.3) is 0 Å². The minimum Gasteiger partial charge on any atom is -0.369 e. The van der Waals surface area contributed by atoms with Crippen LogP contribution in [-0.4, -0.2) is 13.1 Å². The van der Waals surface area contributed by atoms with Gasteiger partial charge in [-0.05, 0) is 25.0 Å². The Morgan fingerprint density at radius 3 is 2.40 bits per heavy atom. The van der Waals surface area contributed by atoms with Gasteiger partial charge in [-0.15, -0.1) is 0 Å². The molecule has 0 saturated carbocycles. The van der Waals surface area contributed by atoms with E-state index in [0.29, 0.717) is 11.6 Å². The summed E-state index contributed by atoms with van der Waals surface area (Å²) in [6.45, 7) is 7.61. The van der Waals surface area contributed by atoms with Crippen molar-refractivity contribution in [2.24, 2.45) is 5.92 Å². The molecule has 1 nitrogen and oxygen atoms in total. The van der Waals surface area contributed by atoms with Gasteiger partial charge in [0.1, 0.15) is 11.6 Å². The molecule has 1 aromatic carbocycles. The zero-order valence-corrected chi connectivity index (χ0v) is 9.43. The molecule has 0 aromatic heterocycles. The summed E-state index contributed by atoms with van der Waals surface area (Å²) in [7, 11) is 0. The average Bonchev–Trinajstić information content (AvgIpc) is 2.14. The topological polar surface area (TPSA) is 3.24 Å². The van der Waals surface area contributed by atoms with Gasteiger partial charge in [0.2, 0.25) is 0 Å². The average molecular weight is 213 g/mol. The maximum absolute atomic E-state index is 13.5. The second kappa shape index (κ2) is 5.10. The van der Waals surface area contributed by atoms with Crippen LogP contribution in [0.1, 0.15) is 20.8 Å². The van der Waals surface area contributed by atoms with Crippen molar-refractivity contribution in [3.63, 3.8) is 0 Å². The molecular formula is C12H17F2N. The highest BCUT2D eigenvalue weighted by Crippen LogP contribution is 2.20. The molecule has 0 spiro atoms. The summed E-state index contributed by atoms with van der Waals surface area (Å²) in [4.78, 5) is 1.92. The van der Waals surface area contributed by atoms with Gasteiger partial charge in [0.25, 0.3) is 0 Å². The Hall–Kier alpha value is -1.12. The summed E-state index contributed by atoms with van der Waals surface area (Å²) in [6.07, 6.45) is 0. The van der Waals surface area contributed by atoms with E-state index in [2.05, 4.69) is 13.8 Å². The number of hydrogen-bond acceptors (Lipinski definition) is 1. The molecule has 3 heteroatoms. The van der Waals surface area contributed by atoms with Gasteiger partial charge in [0.05, 0.1) is 5.69 Å². The van der Waals surface area contributed by atoms with Crippen LogP contribution in [0.3, 0.4) is 0 Å². The molecule has 0 saturated heterocycles. The van der Waals surface area contributed by atoms with E-state index in [0.717, 1.165) is 19.2 Å². The smallest absolute Gasteiger partial charge is 0.149 e. The van der Waals surface area contributed by atoms with Crippen LogP contribution in [0.15, 0.2) is 18.2 Å². The third-order valence-corrected chi connectivity index (χ3v) is 2.22. The highest BCUT2D eigenvalue weighted by atomic mass is 19.1.